The van der Waals surface area contributed by atoms with Crippen LogP contribution in [-0.4, -0.2) is 36.0 Å². The van der Waals surface area contributed by atoms with Crippen LogP contribution in [-0.2, 0) is 4.79 Å². The van der Waals surface area contributed by atoms with E-state index in [0.29, 0.717) is 11.8 Å². The van der Waals surface area contributed by atoms with Crippen LogP contribution in [0.4, 0.5) is 4.79 Å². The van der Waals surface area contributed by atoms with Crippen molar-refractivity contribution in [3.63, 3.8) is 0 Å². The number of nitrogens with one attached hydrogen (secondary N) is 1. The van der Waals surface area contributed by atoms with E-state index in [1.54, 1.807) is 0 Å². The zero-order valence-corrected chi connectivity index (χ0v) is 14.4. The number of thiophene rings is 1. The highest BCUT2D eigenvalue weighted by Gasteiger charge is 2.42. The maximum Gasteiger partial charge on any atom is 0.312 e. The number of nitrogens with zero attached hydrogens (tertiary/aromatic N) is 1. The minimum atomic E-state index is -0.605. The van der Waals surface area contributed by atoms with E-state index in [1.807, 2.05) is 22.4 Å². The summed E-state index contributed by atoms with van der Waals surface area (Å²) in [7, 11) is 0. The largest absolute Gasteiger partial charge is 0.352 e. The van der Waals surface area contributed by atoms with Crippen molar-refractivity contribution in [2.24, 2.45) is 23.3 Å². The summed E-state index contributed by atoms with van der Waals surface area (Å²) in [5, 5.41) is 4.60. The van der Waals surface area contributed by atoms with Gasteiger partial charge < -0.3 is 21.7 Å². The minimum absolute atomic E-state index is 0. The molecule has 1 saturated heterocycles. The zero-order chi connectivity index (χ0) is 15.7. The van der Waals surface area contributed by atoms with Gasteiger partial charge in [0, 0.05) is 24.0 Å². The van der Waals surface area contributed by atoms with Crippen molar-refractivity contribution < 1.29 is 9.59 Å². The molecule has 3 amide bonds. The lowest BCUT2D eigenvalue weighted by Gasteiger charge is -2.22. The van der Waals surface area contributed by atoms with Crippen molar-refractivity contribution in [1.29, 1.82) is 0 Å². The summed E-state index contributed by atoms with van der Waals surface area (Å²) < 4.78 is 0. The van der Waals surface area contributed by atoms with Gasteiger partial charge in [-0.1, -0.05) is 6.07 Å². The van der Waals surface area contributed by atoms with E-state index in [9.17, 15) is 9.59 Å². The van der Waals surface area contributed by atoms with E-state index < -0.39 is 6.03 Å². The van der Waals surface area contributed by atoms with Gasteiger partial charge in [-0.3, -0.25) is 4.79 Å². The molecule has 1 aromatic rings. The van der Waals surface area contributed by atoms with Crippen LogP contribution in [0.2, 0.25) is 0 Å². The zero-order valence-electron chi connectivity index (χ0n) is 12.8. The summed E-state index contributed by atoms with van der Waals surface area (Å²) in [5.41, 5.74) is 11.4. The van der Waals surface area contributed by atoms with E-state index in [-0.39, 0.29) is 36.8 Å². The van der Waals surface area contributed by atoms with Crippen molar-refractivity contribution >= 4 is 35.7 Å². The van der Waals surface area contributed by atoms with Crippen molar-refractivity contribution in [3.8, 4) is 0 Å². The molecule has 1 saturated carbocycles. The van der Waals surface area contributed by atoms with Crippen LogP contribution >= 0.6 is 23.7 Å². The van der Waals surface area contributed by atoms with Gasteiger partial charge in [-0.25, -0.2) is 4.79 Å². The number of amides is 3. The Kier molecular flexibility index (Phi) is 5.89. The normalized spacial score (nSPS) is 27.2. The maximum absolute atomic E-state index is 12.6. The van der Waals surface area contributed by atoms with Gasteiger partial charge >= 0.3 is 6.03 Å². The molecule has 2 heterocycles. The van der Waals surface area contributed by atoms with Crippen LogP contribution in [0.1, 0.15) is 30.2 Å². The first-order valence-electron chi connectivity index (χ1n) is 7.67. The molecule has 2 aliphatic rings. The van der Waals surface area contributed by atoms with Crippen LogP contribution < -0.4 is 16.8 Å². The maximum atomic E-state index is 12.6. The summed E-state index contributed by atoms with van der Waals surface area (Å²) in [5.74, 6) is 1.05. The summed E-state index contributed by atoms with van der Waals surface area (Å²) in [6, 6.07) is 3.08. The SMILES string of the molecule is Cl.NC(=O)NC(CC(=O)N1CC2CCC(N)C2C1)c1cccs1. The fraction of sp³-hybridized carbons (Fsp3) is 0.600. The van der Waals surface area contributed by atoms with Gasteiger partial charge in [-0.05, 0) is 36.1 Å². The molecule has 6 nitrogen and oxygen atoms in total. The average Bonchev–Trinajstić information content (AvgIpc) is 3.16. The second kappa shape index (κ2) is 7.51. The second-order valence-electron chi connectivity index (χ2n) is 6.24. The Labute approximate surface area is 146 Å². The minimum Gasteiger partial charge on any atom is -0.352 e. The second-order valence-corrected chi connectivity index (χ2v) is 7.22. The Balaban J connectivity index is 0.00000192. The fourth-order valence-electron chi connectivity index (χ4n) is 3.70. The molecule has 4 atom stereocenters. The van der Waals surface area contributed by atoms with Gasteiger partial charge in [-0.15, -0.1) is 23.7 Å². The topological polar surface area (TPSA) is 101 Å². The molecule has 5 N–H and O–H groups in total. The lowest BCUT2D eigenvalue weighted by Crippen LogP contribution is -2.38. The van der Waals surface area contributed by atoms with E-state index >= 15 is 0 Å². The third-order valence-electron chi connectivity index (χ3n) is 4.85. The van der Waals surface area contributed by atoms with Crippen LogP contribution in [0.5, 0.6) is 0 Å². The molecule has 3 rings (SSSR count). The van der Waals surface area contributed by atoms with E-state index in [2.05, 4.69) is 5.32 Å². The number of urea groups is 1. The molecule has 0 bridgehead atoms. The van der Waals surface area contributed by atoms with E-state index in [4.69, 9.17) is 11.5 Å². The predicted octanol–water partition coefficient (Wildman–Crippen LogP) is 1.47. The van der Waals surface area contributed by atoms with Crippen LogP contribution in [0, 0.1) is 11.8 Å². The molecule has 1 aromatic heterocycles. The molecule has 0 aromatic carbocycles. The van der Waals surface area contributed by atoms with E-state index in [0.717, 1.165) is 30.8 Å². The highest BCUT2D eigenvalue weighted by molar-refractivity contribution is 7.10. The van der Waals surface area contributed by atoms with Crippen molar-refractivity contribution in [2.45, 2.75) is 31.3 Å². The van der Waals surface area contributed by atoms with Crippen molar-refractivity contribution in [1.82, 2.24) is 10.2 Å². The number of carbonyl (C=O) groups excluding carboxylic acids is 2. The van der Waals surface area contributed by atoms with Gasteiger partial charge in [0.25, 0.3) is 0 Å². The molecule has 8 heteroatoms. The van der Waals surface area contributed by atoms with Crippen molar-refractivity contribution in [2.75, 3.05) is 13.1 Å². The third kappa shape index (κ3) is 3.97. The van der Waals surface area contributed by atoms with Gasteiger partial charge in [0.05, 0.1) is 12.5 Å². The number of carbonyl (C=O) groups is 2. The van der Waals surface area contributed by atoms with E-state index in [1.165, 1.54) is 11.3 Å². The predicted molar refractivity (Wildman–Crippen MR) is 92.4 cm³/mol. The molecular formula is C15H23ClN4O2S. The summed E-state index contributed by atoms with van der Waals surface area (Å²) in [6.45, 7) is 1.54. The Morgan fingerprint density at radius 1 is 1.39 bits per heavy atom. The quantitative estimate of drug-likeness (QED) is 0.759. The number of nitrogens with two attached hydrogens (primary N) is 2. The molecular weight excluding hydrogens is 336 g/mol. The first-order valence-corrected chi connectivity index (χ1v) is 8.55. The number of rotatable bonds is 4. The Morgan fingerprint density at radius 3 is 2.78 bits per heavy atom. The average molecular weight is 359 g/mol. The molecule has 1 aliphatic heterocycles. The molecule has 128 valence electrons. The fourth-order valence-corrected chi connectivity index (χ4v) is 4.48. The smallest absolute Gasteiger partial charge is 0.312 e. The summed E-state index contributed by atoms with van der Waals surface area (Å²) in [4.78, 5) is 26.6. The Morgan fingerprint density at radius 2 is 2.17 bits per heavy atom. The number of hydrogen-bond acceptors (Lipinski definition) is 4. The van der Waals surface area contributed by atoms with Crippen LogP contribution in [0.25, 0.3) is 0 Å². The number of hydrogen-bond donors (Lipinski definition) is 3. The highest BCUT2D eigenvalue weighted by atomic mass is 35.5. The standard InChI is InChI=1S/C15H22N4O2S.ClH/c16-11-4-3-9-7-19(8-10(9)11)14(20)6-12(18-15(17)21)13-2-1-5-22-13;/h1-2,5,9-12H,3-4,6-8,16H2,(H3,17,18,21);1H. The Hall–Kier alpha value is -1.31. The lowest BCUT2D eigenvalue weighted by atomic mass is 9.98. The first-order chi connectivity index (χ1) is 10.5. The number of likely N-dealkylation sites (tertiary alicyclic amines) is 1. The molecule has 23 heavy (non-hydrogen) atoms. The summed E-state index contributed by atoms with van der Waals surface area (Å²) in [6.07, 6.45) is 2.43. The number of primary amides is 1. The van der Waals surface area contributed by atoms with Crippen LogP contribution in [0.15, 0.2) is 17.5 Å². The number of fused-ring (bicyclic) bond motifs is 1. The molecule has 1 aliphatic carbocycles. The molecule has 2 fully saturated rings. The van der Waals surface area contributed by atoms with Gasteiger partial charge in [0.15, 0.2) is 0 Å². The Bertz CT molecular complexity index is 554. The van der Waals surface area contributed by atoms with Crippen molar-refractivity contribution in [3.05, 3.63) is 22.4 Å². The van der Waals surface area contributed by atoms with Crippen LogP contribution in [0.3, 0.4) is 0 Å². The third-order valence-corrected chi connectivity index (χ3v) is 5.83. The highest BCUT2D eigenvalue weighted by Crippen LogP contribution is 2.37. The molecule has 4 unspecified atom stereocenters. The monoisotopic (exact) mass is 358 g/mol. The molecule has 0 radical (unpaired) electrons. The summed E-state index contributed by atoms with van der Waals surface area (Å²) >= 11 is 1.51. The molecule has 0 spiro atoms. The van der Waals surface area contributed by atoms with Gasteiger partial charge in [0.1, 0.15) is 0 Å². The first kappa shape index (κ1) is 18.0. The van der Waals surface area contributed by atoms with Gasteiger partial charge in [0.2, 0.25) is 5.91 Å². The lowest BCUT2D eigenvalue weighted by molar-refractivity contribution is -0.131. The van der Waals surface area contributed by atoms with Gasteiger partial charge in [-0.2, -0.15) is 0 Å². The number of halogens is 1.